The van der Waals surface area contributed by atoms with Crippen LogP contribution in [0.25, 0.3) is 5.69 Å². The number of fused-ring (bicyclic) bond motifs is 1. The average Bonchev–Trinajstić information content (AvgIpc) is 2.67. The lowest BCUT2D eigenvalue weighted by Gasteiger charge is -2.09. The molecule has 2 aromatic rings. The van der Waals surface area contributed by atoms with Gasteiger partial charge < -0.3 is 10.8 Å². The summed E-state index contributed by atoms with van der Waals surface area (Å²) in [4.78, 5) is 23.0. The number of aromatic hydroxyl groups is 1. The van der Waals surface area contributed by atoms with Crippen LogP contribution in [0.5, 0.6) is 5.75 Å². The predicted molar refractivity (Wildman–Crippen MR) is 65.8 cm³/mol. The standard InChI is InChI=1S/C12H10N4O3/c13-11-10-6(5-9(18)14-12(10)19)15-16(11)7-3-1-2-4-8(7)17/h1-4,17H,5,13H2,(H,14,18,19). The number of nitrogens with one attached hydrogen (secondary N) is 1. The van der Waals surface area contributed by atoms with Crippen molar-refractivity contribution in [3.05, 3.63) is 35.5 Å². The Hall–Kier alpha value is -2.83. The molecule has 1 aromatic carbocycles. The van der Waals surface area contributed by atoms with Gasteiger partial charge >= 0.3 is 0 Å². The number of phenols is 1. The number of nitrogens with two attached hydrogens (primary N) is 1. The average molecular weight is 258 g/mol. The monoisotopic (exact) mass is 258 g/mol. The van der Waals surface area contributed by atoms with Gasteiger partial charge in [-0.1, -0.05) is 12.1 Å². The fourth-order valence-corrected chi connectivity index (χ4v) is 2.06. The Morgan fingerprint density at radius 1 is 1.32 bits per heavy atom. The van der Waals surface area contributed by atoms with Gasteiger partial charge in [-0.05, 0) is 12.1 Å². The highest BCUT2D eigenvalue weighted by atomic mass is 16.3. The van der Waals surface area contributed by atoms with E-state index in [4.69, 9.17) is 5.73 Å². The van der Waals surface area contributed by atoms with Gasteiger partial charge in [0.25, 0.3) is 5.91 Å². The Morgan fingerprint density at radius 2 is 2.05 bits per heavy atom. The van der Waals surface area contributed by atoms with Gasteiger partial charge in [-0.2, -0.15) is 5.10 Å². The van der Waals surface area contributed by atoms with E-state index in [0.717, 1.165) is 0 Å². The number of hydrogen-bond donors (Lipinski definition) is 3. The first kappa shape index (κ1) is 11.3. The van der Waals surface area contributed by atoms with Crippen LogP contribution in [0, 0.1) is 0 Å². The Kier molecular flexibility index (Phi) is 2.28. The summed E-state index contributed by atoms with van der Waals surface area (Å²) < 4.78 is 1.26. The number of carbonyl (C=O) groups excluding carboxylic acids is 2. The fraction of sp³-hybridized carbons (Fsp3) is 0.0833. The van der Waals surface area contributed by atoms with E-state index in [-0.39, 0.29) is 23.6 Å². The van der Waals surface area contributed by atoms with Crippen molar-refractivity contribution in [2.45, 2.75) is 6.42 Å². The van der Waals surface area contributed by atoms with Crippen molar-refractivity contribution in [2.75, 3.05) is 5.73 Å². The summed E-state index contributed by atoms with van der Waals surface area (Å²) in [5, 5.41) is 16.1. The van der Waals surface area contributed by atoms with Gasteiger partial charge in [0.2, 0.25) is 5.91 Å². The zero-order chi connectivity index (χ0) is 13.6. The lowest BCUT2D eigenvalue weighted by molar-refractivity contribution is -0.119. The molecule has 1 aromatic heterocycles. The van der Waals surface area contributed by atoms with Crippen LogP contribution in [0.4, 0.5) is 5.82 Å². The maximum Gasteiger partial charge on any atom is 0.263 e. The molecule has 1 aliphatic heterocycles. The van der Waals surface area contributed by atoms with Crippen LogP contribution in [0.2, 0.25) is 0 Å². The molecular weight excluding hydrogens is 248 g/mol. The highest BCUT2D eigenvalue weighted by molar-refractivity contribution is 6.11. The third-order valence-corrected chi connectivity index (χ3v) is 2.91. The number of amides is 2. The molecule has 96 valence electrons. The van der Waals surface area contributed by atoms with Gasteiger partial charge in [0.1, 0.15) is 22.8 Å². The molecular formula is C12H10N4O3. The van der Waals surface area contributed by atoms with Crippen LogP contribution < -0.4 is 11.1 Å². The Balaban J connectivity index is 2.21. The molecule has 0 fully saturated rings. The molecule has 0 bridgehead atoms. The van der Waals surface area contributed by atoms with E-state index < -0.39 is 11.8 Å². The van der Waals surface area contributed by atoms with Crippen molar-refractivity contribution in [1.29, 1.82) is 0 Å². The number of benzene rings is 1. The zero-order valence-corrected chi connectivity index (χ0v) is 9.75. The molecule has 2 amide bonds. The van der Waals surface area contributed by atoms with Crippen LogP contribution in [-0.4, -0.2) is 26.7 Å². The number of para-hydroxylation sites is 2. The smallest absolute Gasteiger partial charge is 0.263 e. The molecule has 7 heteroatoms. The lowest BCUT2D eigenvalue weighted by Crippen LogP contribution is -2.37. The first-order valence-electron chi connectivity index (χ1n) is 5.58. The third-order valence-electron chi connectivity index (χ3n) is 2.91. The van der Waals surface area contributed by atoms with Gasteiger partial charge in [0.15, 0.2) is 0 Å². The van der Waals surface area contributed by atoms with Gasteiger partial charge in [-0.3, -0.25) is 14.9 Å². The number of hydrogen-bond acceptors (Lipinski definition) is 5. The summed E-state index contributed by atoms with van der Waals surface area (Å²) in [5.41, 5.74) is 6.73. The van der Waals surface area contributed by atoms with Crippen molar-refractivity contribution in [3.63, 3.8) is 0 Å². The van der Waals surface area contributed by atoms with Gasteiger partial charge in [-0.15, -0.1) is 0 Å². The molecule has 19 heavy (non-hydrogen) atoms. The maximum absolute atomic E-state index is 11.7. The van der Waals surface area contributed by atoms with E-state index in [2.05, 4.69) is 10.4 Å². The van der Waals surface area contributed by atoms with Gasteiger partial charge in [0.05, 0.1) is 12.1 Å². The number of anilines is 1. The molecule has 0 aliphatic carbocycles. The molecule has 3 rings (SSSR count). The molecule has 0 radical (unpaired) electrons. The normalized spacial score (nSPS) is 14.1. The van der Waals surface area contributed by atoms with Crippen LogP contribution in [0.1, 0.15) is 16.1 Å². The van der Waals surface area contributed by atoms with E-state index in [1.807, 2.05) is 0 Å². The molecule has 1 aliphatic rings. The van der Waals surface area contributed by atoms with Crippen molar-refractivity contribution >= 4 is 17.6 Å². The minimum absolute atomic E-state index is 0.00807. The number of imide groups is 1. The quantitative estimate of drug-likeness (QED) is 0.622. The number of nitrogen functional groups attached to an aromatic ring is 1. The highest BCUT2D eigenvalue weighted by Gasteiger charge is 2.30. The third kappa shape index (κ3) is 1.63. The van der Waals surface area contributed by atoms with E-state index in [1.54, 1.807) is 18.2 Å². The van der Waals surface area contributed by atoms with Crippen molar-refractivity contribution < 1.29 is 14.7 Å². The second-order valence-corrected chi connectivity index (χ2v) is 4.16. The van der Waals surface area contributed by atoms with Crippen molar-refractivity contribution in [3.8, 4) is 11.4 Å². The van der Waals surface area contributed by atoms with Crippen LogP contribution >= 0.6 is 0 Å². The first-order valence-corrected chi connectivity index (χ1v) is 5.58. The minimum atomic E-state index is -0.564. The Bertz CT molecular complexity index is 705. The summed E-state index contributed by atoms with van der Waals surface area (Å²) in [6, 6.07) is 6.47. The van der Waals surface area contributed by atoms with Gasteiger partial charge in [-0.25, -0.2) is 4.68 Å². The zero-order valence-electron chi connectivity index (χ0n) is 9.75. The fourth-order valence-electron chi connectivity index (χ4n) is 2.06. The SMILES string of the molecule is Nc1c2c(nn1-c1ccccc1O)CC(=O)NC2=O. The van der Waals surface area contributed by atoms with E-state index in [9.17, 15) is 14.7 Å². The minimum Gasteiger partial charge on any atom is -0.506 e. The molecule has 2 heterocycles. The molecule has 4 N–H and O–H groups in total. The Labute approximate surface area is 107 Å². The van der Waals surface area contributed by atoms with Crippen molar-refractivity contribution in [1.82, 2.24) is 15.1 Å². The number of carbonyl (C=O) groups is 2. The molecule has 0 spiro atoms. The molecule has 0 unspecified atom stereocenters. The summed E-state index contributed by atoms with van der Waals surface area (Å²) in [6.07, 6.45) is -0.00807. The lowest BCUT2D eigenvalue weighted by atomic mass is 10.1. The molecule has 0 saturated carbocycles. The summed E-state index contributed by atoms with van der Waals surface area (Å²) in [6.45, 7) is 0. The topological polar surface area (TPSA) is 110 Å². The van der Waals surface area contributed by atoms with Crippen LogP contribution in [0.3, 0.4) is 0 Å². The van der Waals surface area contributed by atoms with E-state index in [0.29, 0.717) is 11.4 Å². The molecule has 0 saturated heterocycles. The van der Waals surface area contributed by atoms with E-state index >= 15 is 0 Å². The first-order chi connectivity index (χ1) is 9.08. The molecule has 7 nitrogen and oxygen atoms in total. The summed E-state index contributed by atoms with van der Waals surface area (Å²) in [7, 11) is 0. The number of aromatic nitrogens is 2. The molecule has 0 atom stereocenters. The highest BCUT2D eigenvalue weighted by Crippen LogP contribution is 2.28. The second kappa shape index (κ2) is 3.84. The second-order valence-electron chi connectivity index (χ2n) is 4.16. The number of nitrogens with zero attached hydrogens (tertiary/aromatic N) is 2. The maximum atomic E-state index is 11.7. The number of rotatable bonds is 1. The van der Waals surface area contributed by atoms with Crippen LogP contribution in [0.15, 0.2) is 24.3 Å². The van der Waals surface area contributed by atoms with Crippen molar-refractivity contribution in [2.24, 2.45) is 0 Å². The Morgan fingerprint density at radius 3 is 2.79 bits per heavy atom. The summed E-state index contributed by atoms with van der Waals surface area (Å²) >= 11 is 0. The summed E-state index contributed by atoms with van der Waals surface area (Å²) in [5.74, 6) is -0.896. The number of phenolic OH excluding ortho intramolecular Hbond substituents is 1. The van der Waals surface area contributed by atoms with Gasteiger partial charge in [0, 0.05) is 0 Å². The van der Waals surface area contributed by atoms with E-state index in [1.165, 1.54) is 10.7 Å². The predicted octanol–water partition coefficient (Wildman–Crippen LogP) is -0.0274. The largest absolute Gasteiger partial charge is 0.506 e. The van der Waals surface area contributed by atoms with Crippen LogP contribution in [-0.2, 0) is 11.2 Å².